The summed E-state index contributed by atoms with van der Waals surface area (Å²) in [6.45, 7) is 1.31. The smallest absolute Gasteiger partial charge is 0.113 e. The molecule has 0 bridgehead atoms. The summed E-state index contributed by atoms with van der Waals surface area (Å²) in [6.07, 6.45) is 2.89. The van der Waals surface area contributed by atoms with Gasteiger partial charge in [0.2, 0.25) is 0 Å². The molecule has 106 valence electrons. The van der Waals surface area contributed by atoms with Crippen LogP contribution in [0, 0.1) is 0 Å². The fourth-order valence-corrected chi connectivity index (χ4v) is 2.45. The van der Waals surface area contributed by atoms with Gasteiger partial charge in [0, 0.05) is 25.7 Å². The minimum atomic E-state index is 0.476. The van der Waals surface area contributed by atoms with E-state index in [9.17, 15) is 0 Å². The molecule has 0 saturated heterocycles. The van der Waals surface area contributed by atoms with Crippen molar-refractivity contribution in [2.45, 2.75) is 19.5 Å². The first-order valence-electron chi connectivity index (χ1n) is 7.18. The lowest BCUT2D eigenvalue weighted by Crippen LogP contribution is -2.05. The molecular formula is C18H19N3. The molecule has 1 heterocycles. The third kappa shape index (κ3) is 3.38. The summed E-state index contributed by atoms with van der Waals surface area (Å²) < 4.78 is 2.20. The zero-order chi connectivity index (χ0) is 14.5. The lowest BCUT2D eigenvalue weighted by Gasteiger charge is -2.08. The molecular weight excluding hydrogens is 258 g/mol. The molecule has 0 saturated carbocycles. The van der Waals surface area contributed by atoms with Crippen LogP contribution in [0.15, 0.2) is 66.9 Å². The molecule has 0 spiro atoms. The Morgan fingerprint density at radius 2 is 1.48 bits per heavy atom. The molecule has 21 heavy (non-hydrogen) atoms. The van der Waals surface area contributed by atoms with Crippen molar-refractivity contribution in [1.82, 2.24) is 9.55 Å². The van der Waals surface area contributed by atoms with Crippen LogP contribution < -0.4 is 5.73 Å². The third-order valence-electron chi connectivity index (χ3n) is 3.52. The highest BCUT2D eigenvalue weighted by molar-refractivity contribution is 5.22. The quantitative estimate of drug-likeness (QED) is 0.779. The van der Waals surface area contributed by atoms with Crippen molar-refractivity contribution in [3.8, 4) is 0 Å². The third-order valence-corrected chi connectivity index (χ3v) is 3.52. The Labute approximate surface area is 125 Å². The van der Waals surface area contributed by atoms with Crippen LogP contribution >= 0.6 is 0 Å². The molecule has 0 aliphatic carbocycles. The van der Waals surface area contributed by atoms with Gasteiger partial charge in [0.05, 0.1) is 5.69 Å². The second-order valence-corrected chi connectivity index (χ2v) is 5.13. The van der Waals surface area contributed by atoms with Crippen LogP contribution in [-0.2, 0) is 19.5 Å². The zero-order valence-electron chi connectivity index (χ0n) is 11.9. The zero-order valence-corrected chi connectivity index (χ0v) is 11.9. The first-order valence-corrected chi connectivity index (χ1v) is 7.18. The molecule has 0 aliphatic rings. The van der Waals surface area contributed by atoms with E-state index >= 15 is 0 Å². The Morgan fingerprint density at radius 3 is 2.10 bits per heavy atom. The highest BCUT2D eigenvalue weighted by atomic mass is 15.1. The molecule has 0 atom stereocenters. The van der Waals surface area contributed by atoms with Gasteiger partial charge in [-0.15, -0.1) is 0 Å². The predicted octanol–water partition coefficient (Wildman–Crippen LogP) is 2.98. The van der Waals surface area contributed by atoms with Gasteiger partial charge in [-0.05, 0) is 11.1 Å². The monoisotopic (exact) mass is 277 g/mol. The number of nitrogens with zero attached hydrogens (tertiary/aromatic N) is 2. The predicted molar refractivity (Wildman–Crippen MR) is 84.9 cm³/mol. The molecule has 3 nitrogen and oxygen atoms in total. The molecule has 3 aromatic rings. The van der Waals surface area contributed by atoms with Crippen molar-refractivity contribution < 1.29 is 0 Å². The van der Waals surface area contributed by atoms with E-state index in [1.54, 1.807) is 0 Å². The molecule has 3 heteroatoms. The average molecular weight is 277 g/mol. The van der Waals surface area contributed by atoms with Crippen molar-refractivity contribution >= 4 is 0 Å². The number of rotatable bonds is 5. The Bertz CT molecular complexity index is 628. The van der Waals surface area contributed by atoms with Crippen molar-refractivity contribution in [2.75, 3.05) is 0 Å². The first-order chi connectivity index (χ1) is 10.3. The summed E-state index contributed by atoms with van der Waals surface area (Å²) in [6, 6.07) is 20.8. The van der Waals surface area contributed by atoms with Gasteiger partial charge in [0.1, 0.15) is 5.82 Å². The van der Waals surface area contributed by atoms with Crippen LogP contribution in [0.4, 0.5) is 0 Å². The van der Waals surface area contributed by atoms with Crippen LogP contribution in [0.3, 0.4) is 0 Å². The Balaban J connectivity index is 1.87. The SMILES string of the molecule is NCc1cn(Cc2ccccc2)c(Cc2ccccc2)n1. The van der Waals surface area contributed by atoms with Crippen LogP contribution in [-0.4, -0.2) is 9.55 Å². The Morgan fingerprint density at radius 1 is 0.857 bits per heavy atom. The summed E-state index contributed by atoms with van der Waals surface area (Å²) >= 11 is 0. The van der Waals surface area contributed by atoms with Gasteiger partial charge in [-0.1, -0.05) is 60.7 Å². The topological polar surface area (TPSA) is 43.8 Å². The normalized spacial score (nSPS) is 10.7. The van der Waals surface area contributed by atoms with E-state index < -0.39 is 0 Å². The fraction of sp³-hybridized carbons (Fsp3) is 0.167. The van der Waals surface area contributed by atoms with Gasteiger partial charge in [-0.25, -0.2) is 4.98 Å². The highest BCUT2D eigenvalue weighted by Crippen LogP contribution is 2.12. The number of hydrogen-bond acceptors (Lipinski definition) is 2. The summed E-state index contributed by atoms with van der Waals surface area (Å²) in [5.41, 5.74) is 9.22. The molecule has 0 unspecified atom stereocenters. The number of hydrogen-bond donors (Lipinski definition) is 1. The Hall–Kier alpha value is -2.39. The van der Waals surface area contributed by atoms with E-state index in [-0.39, 0.29) is 0 Å². The highest BCUT2D eigenvalue weighted by Gasteiger charge is 2.08. The van der Waals surface area contributed by atoms with Crippen LogP contribution in [0.2, 0.25) is 0 Å². The molecule has 3 rings (SSSR count). The maximum Gasteiger partial charge on any atom is 0.113 e. The molecule has 1 aromatic heterocycles. The van der Waals surface area contributed by atoms with E-state index in [1.165, 1.54) is 11.1 Å². The van der Waals surface area contributed by atoms with Crippen molar-refractivity contribution in [1.29, 1.82) is 0 Å². The largest absolute Gasteiger partial charge is 0.330 e. The molecule has 2 aromatic carbocycles. The molecule has 0 amide bonds. The molecule has 0 fully saturated rings. The van der Waals surface area contributed by atoms with Crippen molar-refractivity contribution in [2.24, 2.45) is 5.73 Å². The van der Waals surface area contributed by atoms with E-state index in [0.29, 0.717) is 6.54 Å². The number of imidazole rings is 1. The fourth-order valence-electron chi connectivity index (χ4n) is 2.45. The maximum atomic E-state index is 5.74. The summed E-state index contributed by atoms with van der Waals surface area (Å²) in [4.78, 5) is 4.66. The maximum absolute atomic E-state index is 5.74. The lowest BCUT2D eigenvalue weighted by molar-refractivity contribution is 0.740. The second kappa shape index (κ2) is 6.37. The van der Waals surface area contributed by atoms with Gasteiger partial charge in [-0.3, -0.25) is 0 Å². The van der Waals surface area contributed by atoms with E-state index in [0.717, 1.165) is 24.5 Å². The minimum absolute atomic E-state index is 0.476. The average Bonchev–Trinajstić information content (AvgIpc) is 2.91. The number of aromatic nitrogens is 2. The summed E-state index contributed by atoms with van der Waals surface area (Å²) in [5.74, 6) is 1.06. The first kappa shape index (κ1) is 13.6. The summed E-state index contributed by atoms with van der Waals surface area (Å²) in [5, 5.41) is 0. The Kier molecular flexibility index (Phi) is 4.12. The van der Waals surface area contributed by atoms with Crippen LogP contribution in [0.25, 0.3) is 0 Å². The van der Waals surface area contributed by atoms with Gasteiger partial charge < -0.3 is 10.3 Å². The van der Waals surface area contributed by atoms with Crippen molar-refractivity contribution in [3.05, 3.63) is 89.5 Å². The van der Waals surface area contributed by atoms with Gasteiger partial charge >= 0.3 is 0 Å². The molecule has 2 N–H and O–H groups in total. The van der Waals surface area contributed by atoms with Gasteiger partial charge in [0.25, 0.3) is 0 Å². The van der Waals surface area contributed by atoms with E-state index in [2.05, 4.69) is 64.3 Å². The van der Waals surface area contributed by atoms with Crippen LogP contribution in [0.5, 0.6) is 0 Å². The molecule has 0 radical (unpaired) electrons. The standard InChI is InChI=1S/C18H19N3/c19-12-17-14-21(13-16-9-5-2-6-10-16)18(20-17)11-15-7-3-1-4-8-15/h1-10,14H,11-13,19H2. The van der Waals surface area contributed by atoms with Gasteiger partial charge in [-0.2, -0.15) is 0 Å². The number of benzene rings is 2. The van der Waals surface area contributed by atoms with Crippen molar-refractivity contribution in [3.63, 3.8) is 0 Å². The summed E-state index contributed by atoms with van der Waals surface area (Å²) in [7, 11) is 0. The van der Waals surface area contributed by atoms with E-state index in [1.807, 2.05) is 12.1 Å². The molecule has 0 aliphatic heterocycles. The lowest BCUT2D eigenvalue weighted by atomic mass is 10.1. The minimum Gasteiger partial charge on any atom is -0.330 e. The van der Waals surface area contributed by atoms with E-state index in [4.69, 9.17) is 5.73 Å². The van der Waals surface area contributed by atoms with Crippen LogP contribution in [0.1, 0.15) is 22.6 Å². The van der Waals surface area contributed by atoms with Gasteiger partial charge in [0.15, 0.2) is 0 Å². The number of nitrogens with two attached hydrogens (primary N) is 1. The second-order valence-electron chi connectivity index (χ2n) is 5.13.